The molecule has 0 aliphatic rings. The van der Waals surface area contributed by atoms with Crippen molar-refractivity contribution < 1.29 is 4.39 Å². The van der Waals surface area contributed by atoms with Crippen LogP contribution >= 0.6 is 27.3 Å². The van der Waals surface area contributed by atoms with Crippen LogP contribution in [0.15, 0.2) is 22.7 Å². The van der Waals surface area contributed by atoms with Crippen LogP contribution in [0.3, 0.4) is 0 Å². The lowest BCUT2D eigenvalue weighted by molar-refractivity contribution is 0.569. The quantitative estimate of drug-likeness (QED) is 0.792. The number of hydrogen-bond donors (Lipinski definition) is 1. The number of hydrogen-bond acceptors (Lipinski definition) is 4. The van der Waals surface area contributed by atoms with Crippen molar-refractivity contribution in [2.45, 2.75) is 32.7 Å². The van der Waals surface area contributed by atoms with Gasteiger partial charge < -0.3 is 5.32 Å². The third-order valence-corrected chi connectivity index (χ3v) is 4.42. The summed E-state index contributed by atoms with van der Waals surface area (Å²) in [4.78, 5) is 0. The molecular formula is C14H17BrFN3S. The van der Waals surface area contributed by atoms with Crippen LogP contribution in [0, 0.1) is 5.82 Å². The third-order valence-electron chi connectivity index (χ3n) is 2.75. The predicted molar refractivity (Wildman–Crippen MR) is 84.5 cm³/mol. The van der Waals surface area contributed by atoms with E-state index in [2.05, 4.69) is 45.3 Å². The SMILES string of the molecule is CC(C)NCCCc1nnc(-c2ccc(F)cc2Br)s1. The number of benzene rings is 1. The van der Waals surface area contributed by atoms with Crippen molar-refractivity contribution in [1.82, 2.24) is 15.5 Å². The first-order chi connectivity index (χ1) is 9.56. The standard InChI is InChI=1S/C14H17BrFN3S/c1-9(2)17-7-3-4-13-18-19-14(20-13)11-6-5-10(16)8-12(11)15/h5-6,8-9,17H,3-4,7H2,1-2H3. The number of nitrogens with one attached hydrogen (secondary N) is 1. The van der Waals surface area contributed by atoms with Crippen LogP contribution in [0.1, 0.15) is 25.3 Å². The van der Waals surface area contributed by atoms with Crippen molar-refractivity contribution in [3.05, 3.63) is 33.5 Å². The summed E-state index contributed by atoms with van der Waals surface area (Å²) in [6, 6.07) is 5.12. The lowest BCUT2D eigenvalue weighted by atomic mass is 10.2. The molecule has 3 nitrogen and oxygen atoms in total. The Morgan fingerprint density at radius 3 is 2.85 bits per heavy atom. The van der Waals surface area contributed by atoms with Crippen molar-refractivity contribution in [2.75, 3.05) is 6.54 Å². The van der Waals surface area contributed by atoms with Crippen LogP contribution < -0.4 is 5.32 Å². The second-order valence-corrected chi connectivity index (χ2v) is 6.75. The first-order valence-electron chi connectivity index (χ1n) is 6.57. The van der Waals surface area contributed by atoms with Crippen molar-refractivity contribution in [3.63, 3.8) is 0 Å². The smallest absolute Gasteiger partial charge is 0.148 e. The van der Waals surface area contributed by atoms with Gasteiger partial charge in [0.25, 0.3) is 0 Å². The van der Waals surface area contributed by atoms with Gasteiger partial charge in [0.1, 0.15) is 15.8 Å². The summed E-state index contributed by atoms with van der Waals surface area (Å²) in [5.74, 6) is -0.259. The number of aryl methyl sites for hydroxylation is 1. The molecule has 0 aliphatic carbocycles. The Morgan fingerprint density at radius 1 is 1.35 bits per heavy atom. The molecule has 2 rings (SSSR count). The first kappa shape index (κ1) is 15.5. The largest absolute Gasteiger partial charge is 0.315 e. The molecule has 20 heavy (non-hydrogen) atoms. The van der Waals surface area contributed by atoms with Gasteiger partial charge in [-0.05, 0) is 47.1 Å². The maximum Gasteiger partial charge on any atom is 0.148 e. The fourth-order valence-corrected chi connectivity index (χ4v) is 3.35. The number of aromatic nitrogens is 2. The minimum atomic E-state index is -0.259. The summed E-state index contributed by atoms with van der Waals surface area (Å²) in [7, 11) is 0. The van der Waals surface area contributed by atoms with Crippen LogP contribution in [-0.2, 0) is 6.42 Å². The predicted octanol–water partition coefficient (Wildman–Crippen LogP) is 4.04. The Labute approximate surface area is 130 Å². The maximum atomic E-state index is 13.1. The lowest BCUT2D eigenvalue weighted by Crippen LogP contribution is -2.23. The van der Waals surface area contributed by atoms with E-state index >= 15 is 0 Å². The van der Waals surface area contributed by atoms with Crippen molar-refractivity contribution in [2.24, 2.45) is 0 Å². The molecule has 0 spiro atoms. The Morgan fingerprint density at radius 2 is 2.15 bits per heavy atom. The Kier molecular flexibility index (Phi) is 5.63. The summed E-state index contributed by atoms with van der Waals surface area (Å²) >= 11 is 4.92. The molecule has 1 N–H and O–H groups in total. The molecule has 0 fully saturated rings. The molecule has 0 amide bonds. The van der Waals surface area contributed by atoms with Gasteiger partial charge in [0.05, 0.1) is 0 Å². The van der Waals surface area contributed by atoms with E-state index in [0.29, 0.717) is 10.5 Å². The average molecular weight is 358 g/mol. The van der Waals surface area contributed by atoms with E-state index in [1.807, 2.05) is 0 Å². The molecule has 0 bridgehead atoms. The van der Waals surface area contributed by atoms with Crippen LogP contribution in [0.5, 0.6) is 0 Å². The van der Waals surface area contributed by atoms with E-state index in [4.69, 9.17) is 0 Å². The molecule has 0 unspecified atom stereocenters. The first-order valence-corrected chi connectivity index (χ1v) is 8.18. The van der Waals surface area contributed by atoms with Crippen molar-refractivity contribution >= 4 is 27.3 Å². The van der Waals surface area contributed by atoms with Gasteiger partial charge in [-0.15, -0.1) is 10.2 Å². The van der Waals surface area contributed by atoms with Crippen LogP contribution in [0.25, 0.3) is 10.6 Å². The van der Waals surface area contributed by atoms with Gasteiger partial charge in [0.15, 0.2) is 0 Å². The molecule has 2 aromatic rings. The molecule has 108 valence electrons. The molecular weight excluding hydrogens is 341 g/mol. The molecule has 1 aromatic heterocycles. The minimum Gasteiger partial charge on any atom is -0.315 e. The highest BCUT2D eigenvalue weighted by Gasteiger charge is 2.10. The summed E-state index contributed by atoms with van der Waals surface area (Å²) in [6.07, 6.45) is 1.95. The minimum absolute atomic E-state index is 0.259. The number of rotatable bonds is 6. The van der Waals surface area contributed by atoms with Gasteiger partial charge in [-0.3, -0.25) is 0 Å². The molecule has 0 radical (unpaired) electrons. The number of halogens is 2. The monoisotopic (exact) mass is 357 g/mol. The Bertz CT molecular complexity index is 571. The second kappa shape index (κ2) is 7.24. The lowest BCUT2D eigenvalue weighted by Gasteiger charge is -2.05. The zero-order valence-corrected chi connectivity index (χ0v) is 13.9. The fraction of sp³-hybridized carbons (Fsp3) is 0.429. The van der Waals surface area contributed by atoms with Gasteiger partial charge in [-0.1, -0.05) is 25.2 Å². The van der Waals surface area contributed by atoms with Gasteiger partial charge in [0, 0.05) is 22.5 Å². The van der Waals surface area contributed by atoms with E-state index in [9.17, 15) is 4.39 Å². The summed E-state index contributed by atoms with van der Waals surface area (Å²) in [5, 5.41) is 13.6. The highest BCUT2D eigenvalue weighted by Crippen LogP contribution is 2.31. The topological polar surface area (TPSA) is 37.8 Å². The van der Waals surface area contributed by atoms with E-state index in [0.717, 1.165) is 35.0 Å². The summed E-state index contributed by atoms with van der Waals surface area (Å²) < 4.78 is 13.8. The maximum absolute atomic E-state index is 13.1. The summed E-state index contributed by atoms with van der Waals surface area (Å²) in [6.45, 7) is 5.25. The Balaban J connectivity index is 1.98. The van der Waals surface area contributed by atoms with Crippen molar-refractivity contribution in [3.8, 4) is 10.6 Å². The molecule has 0 aliphatic heterocycles. The zero-order chi connectivity index (χ0) is 14.5. The molecule has 1 aromatic carbocycles. The van der Waals surface area contributed by atoms with Gasteiger partial charge >= 0.3 is 0 Å². The van der Waals surface area contributed by atoms with E-state index < -0.39 is 0 Å². The third kappa shape index (κ3) is 4.33. The zero-order valence-electron chi connectivity index (χ0n) is 11.5. The highest BCUT2D eigenvalue weighted by molar-refractivity contribution is 9.10. The van der Waals surface area contributed by atoms with Crippen LogP contribution in [0.2, 0.25) is 0 Å². The highest BCUT2D eigenvalue weighted by atomic mass is 79.9. The molecule has 1 heterocycles. The van der Waals surface area contributed by atoms with E-state index in [1.54, 1.807) is 17.4 Å². The van der Waals surface area contributed by atoms with Crippen LogP contribution in [0.4, 0.5) is 4.39 Å². The van der Waals surface area contributed by atoms with Gasteiger partial charge in [0.2, 0.25) is 0 Å². The molecule has 6 heteroatoms. The molecule has 0 saturated carbocycles. The van der Waals surface area contributed by atoms with Crippen molar-refractivity contribution in [1.29, 1.82) is 0 Å². The normalized spacial score (nSPS) is 11.2. The fourth-order valence-electron chi connectivity index (χ4n) is 1.76. The Hall–Kier alpha value is -0.850. The second-order valence-electron chi connectivity index (χ2n) is 4.84. The van der Waals surface area contributed by atoms with Crippen LogP contribution in [-0.4, -0.2) is 22.8 Å². The average Bonchev–Trinajstić information content (AvgIpc) is 2.83. The molecule has 0 saturated heterocycles. The van der Waals surface area contributed by atoms with Gasteiger partial charge in [-0.2, -0.15) is 0 Å². The van der Waals surface area contributed by atoms with Gasteiger partial charge in [-0.25, -0.2) is 4.39 Å². The van der Waals surface area contributed by atoms with E-state index in [-0.39, 0.29) is 5.82 Å². The number of nitrogens with zero attached hydrogens (tertiary/aromatic N) is 2. The van der Waals surface area contributed by atoms with E-state index in [1.165, 1.54) is 12.1 Å². The summed E-state index contributed by atoms with van der Waals surface area (Å²) in [5.41, 5.74) is 0.885. The molecule has 0 atom stereocenters.